The highest BCUT2D eigenvalue weighted by Gasteiger charge is 2.29. The van der Waals surface area contributed by atoms with Gasteiger partial charge in [0.15, 0.2) is 0 Å². The van der Waals surface area contributed by atoms with Crippen LogP contribution in [0.25, 0.3) is 88.7 Å². The molecular formula is C66H78N8. The molecule has 4 aliphatic heterocycles. The summed E-state index contributed by atoms with van der Waals surface area (Å²) in [4.78, 5) is 38.5. The summed E-state index contributed by atoms with van der Waals surface area (Å²) < 4.78 is 0. The summed E-state index contributed by atoms with van der Waals surface area (Å²) in [5.41, 5.74) is 40.3. The second-order valence-electron chi connectivity index (χ2n) is 21.2. The van der Waals surface area contributed by atoms with Gasteiger partial charge in [-0.25, -0.2) is 19.9 Å². The van der Waals surface area contributed by atoms with E-state index in [0.717, 1.165) is 141 Å². The molecular weight excluding hydrogens is 905 g/mol. The molecule has 0 spiro atoms. The molecule has 8 heteroatoms. The van der Waals surface area contributed by atoms with Gasteiger partial charge in [-0.1, -0.05) is 55.4 Å². The molecule has 0 unspecified atom stereocenters. The van der Waals surface area contributed by atoms with E-state index in [1.54, 1.807) is 0 Å². The molecule has 0 aliphatic carbocycles. The maximum absolute atomic E-state index is 5.74. The van der Waals surface area contributed by atoms with Crippen LogP contribution in [0.15, 0.2) is 36.4 Å². The molecule has 6 aromatic heterocycles. The van der Waals surface area contributed by atoms with Crippen molar-refractivity contribution in [3.8, 4) is 0 Å². The lowest BCUT2D eigenvalue weighted by molar-refractivity contribution is 0.912. The molecule has 6 aromatic rings. The van der Waals surface area contributed by atoms with Crippen LogP contribution >= 0.6 is 0 Å². The minimum atomic E-state index is 0.708. The van der Waals surface area contributed by atoms with Crippen molar-refractivity contribution in [2.24, 2.45) is 0 Å². The Morgan fingerprint density at radius 1 is 0.270 bits per heavy atom. The van der Waals surface area contributed by atoms with Gasteiger partial charge in [-0.3, -0.25) is 0 Å². The average molecular weight is 983 g/mol. The minimum Gasteiger partial charge on any atom is -0.355 e. The number of fused-ring (bicyclic) bond motifs is 16. The first-order valence-corrected chi connectivity index (χ1v) is 27.9. The zero-order valence-electron chi connectivity index (χ0n) is 47.3. The number of allylic oxidation sites excluding steroid dienone is 8. The number of aromatic nitrogens is 8. The third kappa shape index (κ3) is 8.10. The predicted molar refractivity (Wildman–Crippen MR) is 317 cm³/mol. The summed E-state index contributed by atoms with van der Waals surface area (Å²) in [6.45, 7) is 36.4. The van der Waals surface area contributed by atoms with Crippen LogP contribution < -0.4 is 0 Å². The second kappa shape index (κ2) is 19.8. The fourth-order valence-corrected chi connectivity index (χ4v) is 13.2. The van der Waals surface area contributed by atoms with Crippen molar-refractivity contribution in [3.63, 3.8) is 0 Å². The average Bonchev–Trinajstić information content (AvgIpc) is 4.26. The quantitative estimate of drug-likeness (QED) is 0.103. The first kappa shape index (κ1) is 50.7. The lowest BCUT2D eigenvalue weighted by Crippen LogP contribution is -2.05. The zero-order valence-corrected chi connectivity index (χ0v) is 47.3. The second-order valence-corrected chi connectivity index (χ2v) is 21.2. The highest BCUT2D eigenvalue weighted by atomic mass is 14.8. The molecule has 8 nitrogen and oxygen atoms in total. The first-order chi connectivity index (χ1) is 35.6. The summed E-state index contributed by atoms with van der Waals surface area (Å²) in [6, 6.07) is 13.9. The predicted octanol–water partition coefficient (Wildman–Crippen LogP) is 17.6. The van der Waals surface area contributed by atoms with Crippen LogP contribution in [0.2, 0.25) is 0 Å². The number of nitrogens with zero attached hydrogens (tertiary/aromatic N) is 4. The number of aromatic amines is 4. The van der Waals surface area contributed by atoms with Gasteiger partial charge in [-0.2, -0.15) is 0 Å². The van der Waals surface area contributed by atoms with Crippen molar-refractivity contribution in [1.82, 2.24) is 39.9 Å². The van der Waals surface area contributed by atoms with Gasteiger partial charge in [0.25, 0.3) is 0 Å². The Balaban J connectivity index is 1.33. The van der Waals surface area contributed by atoms with Crippen LogP contribution in [0.5, 0.6) is 0 Å². The SMILES string of the molecule is CCC1=C(C)c2nc1cc1[nH]c(cc3[nH]c(cc4nc(c2CCc2c5nc(cc6[nH]c(cc7[nH]c(cc8nc2C(CC)=C8C)c(CC)c7C)c(CC)c6C)C(CC)=C5C)C(CC)=C4C)c(CC)c3C)c(CC)c1C. The highest BCUT2D eigenvalue weighted by Crippen LogP contribution is 2.44. The van der Waals surface area contributed by atoms with Crippen LogP contribution in [0.1, 0.15) is 210 Å². The molecule has 0 saturated heterocycles. The lowest BCUT2D eigenvalue weighted by atomic mass is 9.90. The Morgan fingerprint density at radius 2 is 0.541 bits per heavy atom. The van der Waals surface area contributed by atoms with Gasteiger partial charge in [-0.15, -0.1) is 0 Å². The monoisotopic (exact) mass is 983 g/mol. The molecule has 0 radical (unpaired) electrons. The molecule has 10 heterocycles. The Morgan fingerprint density at radius 3 is 0.838 bits per heavy atom. The zero-order chi connectivity index (χ0) is 52.6. The van der Waals surface area contributed by atoms with Crippen molar-refractivity contribution >= 4 is 88.7 Å². The minimum absolute atomic E-state index is 0.708. The topological polar surface area (TPSA) is 115 Å². The van der Waals surface area contributed by atoms with E-state index in [9.17, 15) is 0 Å². The summed E-state index contributed by atoms with van der Waals surface area (Å²) in [6.07, 6.45) is 8.59. The van der Waals surface area contributed by atoms with E-state index in [0.29, 0.717) is 12.8 Å². The Kier molecular flexibility index (Phi) is 13.6. The van der Waals surface area contributed by atoms with E-state index in [-0.39, 0.29) is 0 Å². The Bertz CT molecular complexity index is 3590. The van der Waals surface area contributed by atoms with Gasteiger partial charge >= 0.3 is 0 Å². The van der Waals surface area contributed by atoms with Gasteiger partial charge in [-0.05, 0) is 245 Å². The van der Waals surface area contributed by atoms with E-state index in [1.165, 1.54) is 100 Å². The summed E-state index contributed by atoms with van der Waals surface area (Å²) >= 11 is 0. The molecule has 16 bridgehead atoms. The number of aryl methyl sites for hydroxylation is 8. The van der Waals surface area contributed by atoms with Crippen LogP contribution in [-0.4, -0.2) is 39.9 Å². The number of hydrogen-bond donors (Lipinski definition) is 4. The molecule has 4 N–H and O–H groups in total. The fourth-order valence-electron chi connectivity index (χ4n) is 13.2. The maximum atomic E-state index is 5.74. The molecule has 74 heavy (non-hydrogen) atoms. The maximum Gasteiger partial charge on any atom is 0.0726 e. The molecule has 4 aliphatic rings. The van der Waals surface area contributed by atoms with Crippen molar-refractivity contribution in [2.45, 2.75) is 175 Å². The van der Waals surface area contributed by atoms with Crippen LogP contribution in [0.4, 0.5) is 0 Å². The molecule has 0 saturated carbocycles. The largest absolute Gasteiger partial charge is 0.355 e. The smallest absolute Gasteiger partial charge is 0.0726 e. The van der Waals surface area contributed by atoms with Crippen LogP contribution in [0, 0.1) is 27.7 Å². The standard InChI is InChI=1S/C66H78N8/c1-17-41-35(11)53-29-61-45(21-5)39(15)63(73-61)49(65-47(23-7)37(13)55(71-65)31-59-43(19-3)33(9)51(67-59)27-57(41)69-53)25-26-50-64-40(16)46(22-6)62(74-64)30-54-36(12)42(18-2)58(70-54)28-52-34(10)44(20-4)60(68-52)32-56-38(14)48(24-8)66(50)72-56/h27-32,67-70H,17-26H2,1-16H3. The van der Waals surface area contributed by atoms with E-state index in [2.05, 4.69) is 167 Å². The molecule has 0 aromatic carbocycles. The van der Waals surface area contributed by atoms with Crippen molar-refractivity contribution < 1.29 is 0 Å². The van der Waals surface area contributed by atoms with E-state index >= 15 is 0 Å². The summed E-state index contributed by atoms with van der Waals surface area (Å²) in [5.74, 6) is 0. The third-order valence-electron chi connectivity index (χ3n) is 17.5. The van der Waals surface area contributed by atoms with Gasteiger partial charge in [0.2, 0.25) is 0 Å². The Labute approximate surface area is 439 Å². The van der Waals surface area contributed by atoms with Crippen molar-refractivity contribution in [2.75, 3.05) is 0 Å². The Hall–Kier alpha value is -6.80. The van der Waals surface area contributed by atoms with E-state index < -0.39 is 0 Å². The molecule has 0 atom stereocenters. The van der Waals surface area contributed by atoms with Gasteiger partial charge in [0, 0.05) is 55.3 Å². The van der Waals surface area contributed by atoms with E-state index in [1.807, 2.05) is 0 Å². The fraction of sp³-hybridized carbons (Fsp3) is 0.394. The number of hydrogen-bond acceptors (Lipinski definition) is 4. The highest BCUT2D eigenvalue weighted by molar-refractivity contribution is 5.99. The third-order valence-corrected chi connectivity index (χ3v) is 17.5. The number of H-pyrrole nitrogens is 4. The summed E-state index contributed by atoms with van der Waals surface area (Å²) in [7, 11) is 0. The first-order valence-electron chi connectivity index (χ1n) is 27.9. The molecule has 0 amide bonds. The normalized spacial score (nSPS) is 14.0. The van der Waals surface area contributed by atoms with Crippen LogP contribution in [0.3, 0.4) is 0 Å². The molecule has 382 valence electrons. The van der Waals surface area contributed by atoms with Crippen molar-refractivity contribution in [3.05, 3.63) is 138 Å². The number of rotatable bonds is 11. The van der Waals surface area contributed by atoms with Gasteiger partial charge in [0.1, 0.15) is 0 Å². The van der Waals surface area contributed by atoms with Crippen LogP contribution in [-0.2, 0) is 38.5 Å². The molecule has 10 rings (SSSR count). The van der Waals surface area contributed by atoms with E-state index in [4.69, 9.17) is 19.9 Å². The lowest BCUT2D eigenvalue weighted by Gasteiger charge is -2.14. The summed E-state index contributed by atoms with van der Waals surface area (Å²) in [5, 5.41) is 0. The van der Waals surface area contributed by atoms with Crippen molar-refractivity contribution in [1.29, 1.82) is 0 Å². The number of nitrogens with one attached hydrogen (secondary N) is 4. The van der Waals surface area contributed by atoms with Gasteiger partial charge < -0.3 is 19.9 Å². The van der Waals surface area contributed by atoms with Gasteiger partial charge in [0.05, 0.1) is 45.6 Å². The molecule has 0 fully saturated rings.